The van der Waals surface area contributed by atoms with Gasteiger partial charge in [-0.1, -0.05) is 46.1 Å². The maximum absolute atomic E-state index is 11.8. The van der Waals surface area contributed by atoms with Crippen molar-refractivity contribution in [3.63, 3.8) is 0 Å². The molecule has 0 bridgehead atoms. The summed E-state index contributed by atoms with van der Waals surface area (Å²) in [5.74, 6) is 0.513. The molecule has 2 atom stereocenters. The summed E-state index contributed by atoms with van der Waals surface area (Å²) in [4.78, 5) is 11.8. The van der Waals surface area contributed by atoms with Gasteiger partial charge in [0.2, 0.25) is 6.23 Å². The molecular weight excluding hydrogens is 398 g/mol. The highest BCUT2D eigenvalue weighted by atomic mass is 35.5. The third-order valence-electron chi connectivity index (χ3n) is 5.16. The number of nitrogens with zero attached hydrogens (tertiary/aromatic N) is 3. The first-order valence-corrected chi connectivity index (χ1v) is 11.0. The van der Waals surface area contributed by atoms with E-state index in [4.69, 9.17) is 9.47 Å². The van der Waals surface area contributed by atoms with Crippen LogP contribution in [0.5, 0.6) is 5.88 Å². The molecule has 0 spiro atoms. The van der Waals surface area contributed by atoms with Gasteiger partial charge in [-0.15, -0.1) is 4.37 Å². The summed E-state index contributed by atoms with van der Waals surface area (Å²) >= 11 is 1.20. The molecule has 28 heavy (non-hydrogen) atoms. The Labute approximate surface area is 179 Å². The highest BCUT2D eigenvalue weighted by Gasteiger charge is 2.38. The second-order valence-electron chi connectivity index (χ2n) is 7.41. The van der Waals surface area contributed by atoms with Gasteiger partial charge in [0, 0.05) is 24.8 Å². The molecule has 2 heterocycles. The zero-order chi connectivity index (χ0) is 19.7. The molecule has 0 aromatic carbocycles. The molecule has 2 unspecified atom stereocenters. The maximum atomic E-state index is 11.8. The Morgan fingerprint density at radius 2 is 2.04 bits per heavy atom. The number of likely N-dealkylation sites (N-methyl/N-ethyl adjacent to an activating group) is 1. The highest BCUT2D eigenvalue weighted by molar-refractivity contribution is 6.99. The van der Waals surface area contributed by atoms with Crippen LogP contribution in [0.4, 0.5) is 0 Å². The molecule has 6 nitrogen and oxygen atoms in total. The van der Waals surface area contributed by atoms with E-state index < -0.39 is 0 Å². The zero-order valence-corrected chi connectivity index (χ0v) is 19.2. The number of halogens is 1. The van der Waals surface area contributed by atoms with Crippen LogP contribution in [0, 0.1) is 0 Å². The van der Waals surface area contributed by atoms with E-state index >= 15 is 0 Å². The zero-order valence-electron chi connectivity index (χ0n) is 17.6. The van der Waals surface area contributed by atoms with Crippen molar-refractivity contribution in [3.05, 3.63) is 11.8 Å². The van der Waals surface area contributed by atoms with E-state index in [2.05, 4.69) is 35.7 Å². The number of quaternary nitrogens is 1. The largest absolute Gasteiger partial charge is 1.00 e. The molecule has 1 aromatic rings. The minimum Gasteiger partial charge on any atom is -1.00 e. The van der Waals surface area contributed by atoms with Gasteiger partial charge in [-0.25, -0.2) is 0 Å². The molecule has 160 valence electrons. The summed E-state index contributed by atoms with van der Waals surface area (Å²) in [6.07, 6.45) is 8.91. The summed E-state index contributed by atoms with van der Waals surface area (Å²) in [6, 6.07) is 0. The lowest BCUT2D eigenvalue weighted by Crippen LogP contribution is -3.00. The fourth-order valence-corrected chi connectivity index (χ4v) is 4.07. The Hall–Kier alpha value is -1.18. The predicted molar refractivity (Wildman–Crippen MR) is 109 cm³/mol. The van der Waals surface area contributed by atoms with Crippen molar-refractivity contribution in [1.82, 2.24) is 8.75 Å². The quantitative estimate of drug-likeness (QED) is 0.301. The third-order valence-corrected chi connectivity index (χ3v) is 5.67. The van der Waals surface area contributed by atoms with Crippen molar-refractivity contribution in [1.29, 1.82) is 0 Å². The lowest BCUT2D eigenvalue weighted by atomic mass is 10.0. The van der Waals surface area contributed by atoms with Crippen molar-refractivity contribution < 1.29 is 31.2 Å². The average Bonchev–Trinajstić information content (AvgIpc) is 3.14. The van der Waals surface area contributed by atoms with Crippen LogP contribution in [0.25, 0.3) is 5.57 Å². The lowest BCUT2D eigenvalue weighted by molar-refractivity contribution is -0.947. The van der Waals surface area contributed by atoms with Crippen LogP contribution in [-0.2, 0) is 9.53 Å². The van der Waals surface area contributed by atoms with Gasteiger partial charge in [0.1, 0.15) is 12.2 Å². The first kappa shape index (κ1) is 24.9. The number of carbonyl (C=O) groups is 1. The molecular formula is C20H34ClN3O3S. The molecule has 0 N–H and O–H groups in total. The molecule has 1 aliphatic heterocycles. The molecule has 1 aromatic heterocycles. The van der Waals surface area contributed by atoms with Crippen LogP contribution >= 0.6 is 11.7 Å². The van der Waals surface area contributed by atoms with Crippen LogP contribution in [0.2, 0.25) is 0 Å². The fraction of sp³-hybridized carbons (Fsp3) is 0.750. The Morgan fingerprint density at radius 1 is 1.25 bits per heavy atom. The second kappa shape index (κ2) is 12.4. The average molecular weight is 432 g/mol. The van der Waals surface area contributed by atoms with Gasteiger partial charge in [-0.05, 0) is 6.42 Å². The summed E-state index contributed by atoms with van der Waals surface area (Å²) < 4.78 is 21.2. The van der Waals surface area contributed by atoms with Crippen molar-refractivity contribution in [2.24, 2.45) is 0 Å². The normalized spacial score (nSPS) is 20.1. The summed E-state index contributed by atoms with van der Waals surface area (Å²) in [5.41, 5.74) is 2.00. The van der Waals surface area contributed by atoms with Crippen molar-refractivity contribution in [2.75, 3.05) is 26.7 Å². The van der Waals surface area contributed by atoms with E-state index in [1.54, 1.807) is 0 Å². The molecule has 2 rings (SSSR count). The molecule has 0 radical (unpaired) electrons. The van der Waals surface area contributed by atoms with Crippen LogP contribution in [0.1, 0.15) is 71.4 Å². The number of aromatic nitrogens is 2. The fourth-order valence-electron chi connectivity index (χ4n) is 3.54. The van der Waals surface area contributed by atoms with Gasteiger partial charge in [0.25, 0.3) is 5.88 Å². The van der Waals surface area contributed by atoms with Gasteiger partial charge >= 0.3 is 5.97 Å². The third kappa shape index (κ3) is 6.71. The van der Waals surface area contributed by atoms with Gasteiger partial charge < -0.3 is 21.9 Å². The predicted octanol–water partition coefficient (Wildman–Crippen LogP) is 1.42. The van der Waals surface area contributed by atoms with Crippen LogP contribution in [0.15, 0.2) is 6.08 Å². The van der Waals surface area contributed by atoms with E-state index in [9.17, 15) is 4.79 Å². The summed E-state index contributed by atoms with van der Waals surface area (Å²) in [6.45, 7) is 8.52. The Bertz CT molecular complexity index is 638. The van der Waals surface area contributed by atoms with Gasteiger partial charge in [0.05, 0.1) is 31.9 Å². The molecule has 0 aliphatic carbocycles. The lowest BCUT2D eigenvalue weighted by Gasteiger charge is -2.42. The number of hydrogen-bond donors (Lipinski definition) is 0. The Balaban J connectivity index is 0.00000392. The SMILES string of the molecule is CCCCCCOc1nsnc1C1=CCC[N+](C)(C(CC)OC(=O)CC)C1.[Cl-]. The first-order valence-electron chi connectivity index (χ1n) is 10.2. The minimum atomic E-state index is -0.135. The highest BCUT2D eigenvalue weighted by Crippen LogP contribution is 2.32. The van der Waals surface area contributed by atoms with Gasteiger partial charge in [0.15, 0.2) is 0 Å². The Morgan fingerprint density at radius 3 is 2.71 bits per heavy atom. The monoisotopic (exact) mass is 431 g/mol. The number of ether oxygens (including phenoxy) is 2. The van der Waals surface area contributed by atoms with Crippen molar-refractivity contribution >= 4 is 23.3 Å². The number of carbonyl (C=O) groups excluding carboxylic acids is 1. The maximum Gasteiger partial charge on any atom is 0.309 e. The molecule has 8 heteroatoms. The minimum absolute atomic E-state index is 0. The standard InChI is InChI=1S/C20H34N3O3S.ClH/c1-5-8-9-10-14-25-20-19(21-27-22-20)16-12-11-13-23(4,15-16)17(6-2)26-18(24)7-3;/h12,17H,5-11,13-15H2,1-4H3;1H/q+1;/p-1. The van der Waals surface area contributed by atoms with Gasteiger partial charge in [-0.2, -0.15) is 4.37 Å². The number of esters is 1. The van der Waals surface area contributed by atoms with E-state index in [1.807, 2.05) is 6.92 Å². The molecule has 0 saturated carbocycles. The number of unbranched alkanes of at least 4 members (excludes halogenated alkanes) is 3. The van der Waals surface area contributed by atoms with Crippen LogP contribution < -0.4 is 17.1 Å². The number of hydrogen-bond acceptors (Lipinski definition) is 6. The van der Waals surface area contributed by atoms with E-state index in [-0.39, 0.29) is 24.6 Å². The molecule has 0 saturated heterocycles. The van der Waals surface area contributed by atoms with E-state index in [1.165, 1.54) is 31.0 Å². The number of rotatable bonds is 11. The van der Waals surface area contributed by atoms with Crippen LogP contribution in [-0.4, -0.2) is 52.2 Å². The topological polar surface area (TPSA) is 61.3 Å². The smallest absolute Gasteiger partial charge is 0.309 e. The molecule has 0 fully saturated rings. The summed E-state index contributed by atoms with van der Waals surface area (Å²) in [7, 11) is 2.16. The first-order chi connectivity index (χ1) is 13.0. The van der Waals surface area contributed by atoms with Crippen LogP contribution in [0.3, 0.4) is 0 Å². The molecule has 1 aliphatic rings. The summed E-state index contributed by atoms with van der Waals surface area (Å²) in [5, 5.41) is 0. The Kier molecular flexibility index (Phi) is 11.0. The van der Waals surface area contributed by atoms with E-state index in [0.29, 0.717) is 23.4 Å². The second-order valence-corrected chi connectivity index (χ2v) is 7.94. The van der Waals surface area contributed by atoms with Crippen molar-refractivity contribution in [2.45, 2.75) is 71.9 Å². The van der Waals surface area contributed by atoms with Gasteiger partial charge in [-0.3, -0.25) is 9.28 Å². The van der Waals surface area contributed by atoms with Crippen molar-refractivity contribution in [3.8, 4) is 5.88 Å². The van der Waals surface area contributed by atoms with E-state index in [0.717, 1.165) is 43.6 Å². The molecule has 0 amide bonds.